The average Bonchev–Trinajstić information content (AvgIpc) is 3.70. The Labute approximate surface area is 378 Å². The van der Waals surface area contributed by atoms with Gasteiger partial charge in [0.05, 0.1) is 28.0 Å². The summed E-state index contributed by atoms with van der Waals surface area (Å²) in [6, 6.07) is 60.4. The van der Waals surface area contributed by atoms with Crippen LogP contribution >= 0.6 is 0 Å². The highest BCUT2D eigenvalue weighted by Crippen LogP contribution is 2.50. The Morgan fingerprint density at radius 2 is 1.09 bits per heavy atom. The smallest absolute Gasteiger partial charge is 0.149 e. The molecule has 0 saturated carbocycles. The number of nitrogens with zero attached hydrogens (tertiary/aromatic N) is 3. The number of imidazole rings is 1. The third kappa shape index (κ3) is 7.41. The first-order valence-electron chi connectivity index (χ1n) is 22.6. The number of benzene rings is 7. The van der Waals surface area contributed by atoms with Crippen LogP contribution in [0.2, 0.25) is 0 Å². The van der Waals surface area contributed by atoms with Crippen LogP contribution in [0.25, 0.3) is 83.9 Å². The highest BCUT2D eigenvalue weighted by Gasteiger charge is 2.38. The van der Waals surface area contributed by atoms with E-state index >= 15 is 0 Å². The molecule has 7 aromatic carbocycles. The SMILES string of the molecule is CC(C)(C)c1ccc(-n2c(-c3cc4c(cc3O)C(C)(C)CCC4(C)C)nc3c(-c4cc(-c5ccccc5)cc(-c5cc(-c6ccccc6)ccn5)c4)cccc32)c(-c2ccccc2)c1. The van der Waals surface area contributed by atoms with Crippen molar-refractivity contribution >= 4 is 11.0 Å². The molecule has 0 atom stereocenters. The van der Waals surface area contributed by atoms with Crippen LogP contribution in [0.1, 0.15) is 78.0 Å². The van der Waals surface area contributed by atoms with Crippen molar-refractivity contribution < 1.29 is 5.11 Å². The highest BCUT2D eigenvalue weighted by atomic mass is 16.3. The normalized spacial score (nSPS) is 14.4. The predicted octanol–water partition coefficient (Wildman–Crippen LogP) is 15.8. The maximum absolute atomic E-state index is 12.3. The molecule has 0 radical (unpaired) electrons. The Morgan fingerprint density at radius 3 is 1.75 bits per heavy atom. The molecule has 316 valence electrons. The van der Waals surface area contributed by atoms with E-state index < -0.39 is 0 Å². The van der Waals surface area contributed by atoms with Crippen molar-refractivity contribution in [2.24, 2.45) is 0 Å². The second-order valence-electron chi connectivity index (χ2n) is 19.9. The molecule has 0 spiro atoms. The number of fused-ring (bicyclic) bond motifs is 2. The van der Waals surface area contributed by atoms with Gasteiger partial charge in [-0.3, -0.25) is 9.55 Å². The van der Waals surface area contributed by atoms with Crippen LogP contribution < -0.4 is 0 Å². The van der Waals surface area contributed by atoms with Gasteiger partial charge in [0.25, 0.3) is 0 Å². The second-order valence-corrected chi connectivity index (χ2v) is 19.9. The minimum atomic E-state index is -0.0704. The van der Waals surface area contributed by atoms with Gasteiger partial charge in [-0.2, -0.15) is 0 Å². The van der Waals surface area contributed by atoms with Gasteiger partial charge in [0, 0.05) is 22.9 Å². The topological polar surface area (TPSA) is 50.9 Å². The molecule has 0 bridgehead atoms. The first-order chi connectivity index (χ1) is 30.7. The number of pyridine rings is 1. The van der Waals surface area contributed by atoms with Gasteiger partial charge in [-0.05, 0) is 140 Å². The lowest BCUT2D eigenvalue weighted by Gasteiger charge is -2.42. The van der Waals surface area contributed by atoms with Crippen LogP contribution in [-0.4, -0.2) is 19.6 Å². The average molecular weight is 834 g/mol. The van der Waals surface area contributed by atoms with E-state index in [0.29, 0.717) is 5.82 Å². The van der Waals surface area contributed by atoms with Crippen molar-refractivity contribution in [3.05, 3.63) is 193 Å². The molecular formula is C60H55N3O. The van der Waals surface area contributed by atoms with Gasteiger partial charge in [-0.15, -0.1) is 0 Å². The zero-order valence-electron chi connectivity index (χ0n) is 37.9. The van der Waals surface area contributed by atoms with E-state index in [-0.39, 0.29) is 22.0 Å². The molecule has 0 aliphatic heterocycles. The third-order valence-electron chi connectivity index (χ3n) is 13.6. The fraction of sp³-hybridized carbons (Fsp3) is 0.200. The number of phenolic OH excluding ortho intramolecular Hbond substituents is 1. The van der Waals surface area contributed by atoms with Crippen molar-refractivity contribution in [1.82, 2.24) is 14.5 Å². The minimum Gasteiger partial charge on any atom is -0.507 e. The molecule has 2 heterocycles. The number of aromatic hydroxyl groups is 1. The van der Waals surface area contributed by atoms with Crippen LogP contribution in [0.5, 0.6) is 5.75 Å². The van der Waals surface area contributed by atoms with Crippen LogP contribution in [-0.2, 0) is 16.2 Å². The van der Waals surface area contributed by atoms with Crippen LogP contribution in [0.4, 0.5) is 0 Å². The minimum absolute atomic E-state index is 0.0611. The number of phenols is 1. The summed E-state index contributed by atoms with van der Waals surface area (Å²) in [6.07, 6.45) is 4.03. The molecule has 1 aliphatic rings. The van der Waals surface area contributed by atoms with E-state index in [9.17, 15) is 5.11 Å². The van der Waals surface area contributed by atoms with E-state index in [1.54, 1.807) is 0 Å². The first-order valence-corrected chi connectivity index (χ1v) is 22.6. The van der Waals surface area contributed by atoms with Gasteiger partial charge >= 0.3 is 0 Å². The zero-order valence-corrected chi connectivity index (χ0v) is 37.9. The fourth-order valence-electron chi connectivity index (χ4n) is 9.71. The summed E-state index contributed by atoms with van der Waals surface area (Å²) < 4.78 is 2.29. The van der Waals surface area contributed by atoms with E-state index in [0.717, 1.165) is 90.9 Å². The molecule has 1 aliphatic carbocycles. The standard InChI is InChI=1S/C60H55N3O/c1-58(2,3)46-26-27-53(48(36-46)41-22-15-10-16-23-41)63-54-25-17-24-47(56(54)62-57(63)49-37-50-51(38-55(49)64)60(6,7)30-29-59(50,4)5)44-32-43(40-20-13-9-14-21-40)33-45(34-44)52-35-42(28-31-61-52)39-18-11-8-12-19-39/h8-28,31-38,64H,29-30H2,1-7H3. The summed E-state index contributed by atoms with van der Waals surface area (Å²) in [5, 5.41) is 12.3. The Kier molecular flexibility index (Phi) is 10.0. The number of hydrogen-bond donors (Lipinski definition) is 1. The zero-order chi connectivity index (χ0) is 44.4. The Balaban J connectivity index is 1.26. The number of rotatable bonds is 7. The molecule has 10 rings (SSSR count). The lowest BCUT2D eigenvalue weighted by Crippen LogP contribution is -2.33. The summed E-state index contributed by atoms with van der Waals surface area (Å²) >= 11 is 0. The number of para-hydroxylation sites is 1. The van der Waals surface area contributed by atoms with Gasteiger partial charge < -0.3 is 5.11 Å². The molecule has 1 N–H and O–H groups in total. The third-order valence-corrected chi connectivity index (χ3v) is 13.6. The predicted molar refractivity (Wildman–Crippen MR) is 267 cm³/mol. The van der Waals surface area contributed by atoms with Crippen molar-refractivity contribution in [2.75, 3.05) is 0 Å². The quantitative estimate of drug-likeness (QED) is 0.174. The molecule has 9 aromatic rings. The molecule has 0 saturated heterocycles. The molecule has 4 nitrogen and oxygen atoms in total. The largest absolute Gasteiger partial charge is 0.507 e. The highest BCUT2D eigenvalue weighted by molar-refractivity contribution is 5.98. The Bertz CT molecular complexity index is 3190. The van der Waals surface area contributed by atoms with E-state index in [4.69, 9.17) is 9.97 Å². The molecule has 4 heteroatoms. The fourth-order valence-corrected chi connectivity index (χ4v) is 9.71. The molecule has 64 heavy (non-hydrogen) atoms. The van der Waals surface area contributed by atoms with Crippen molar-refractivity contribution in [1.29, 1.82) is 0 Å². The lowest BCUT2D eigenvalue weighted by atomic mass is 9.63. The van der Waals surface area contributed by atoms with E-state index in [1.165, 1.54) is 16.7 Å². The molecular weight excluding hydrogens is 779 g/mol. The number of aromatic nitrogens is 3. The van der Waals surface area contributed by atoms with Crippen LogP contribution in [0.3, 0.4) is 0 Å². The molecule has 0 amide bonds. The maximum atomic E-state index is 12.3. The Morgan fingerprint density at radius 1 is 0.500 bits per heavy atom. The summed E-state index contributed by atoms with van der Waals surface area (Å²) in [6.45, 7) is 16.1. The van der Waals surface area contributed by atoms with Gasteiger partial charge in [0.15, 0.2) is 0 Å². The van der Waals surface area contributed by atoms with Gasteiger partial charge in [0.2, 0.25) is 0 Å². The summed E-state index contributed by atoms with van der Waals surface area (Å²) in [5.74, 6) is 0.951. The second kappa shape index (κ2) is 15.6. The molecule has 0 unspecified atom stereocenters. The maximum Gasteiger partial charge on any atom is 0.149 e. The first kappa shape index (κ1) is 41.0. The van der Waals surface area contributed by atoms with Crippen molar-refractivity contribution in [2.45, 2.75) is 77.6 Å². The molecule has 2 aromatic heterocycles. The monoisotopic (exact) mass is 833 g/mol. The van der Waals surface area contributed by atoms with Crippen molar-refractivity contribution in [3.63, 3.8) is 0 Å². The lowest BCUT2D eigenvalue weighted by molar-refractivity contribution is 0.330. The summed E-state index contributed by atoms with van der Waals surface area (Å²) in [4.78, 5) is 10.6. The van der Waals surface area contributed by atoms with Crippen molar-refractivity contribution in [3.8, 4) is 78.6 Å². The Hall–Kier alpha value is -7.04. The summed E-state index contributed by atoms with van der Waals surface area (Å²) in [7, 11) is 0. The van der Waals surface area contributed by atoms with Crippen LogP contribution in [0, 0.1) is 0 Å². The van der Waals surface area contributed by atoms with Gasteiger partial charge in [-0.25, -0.2) is 4.98 Å². The van der Waals surface area contributed by atoms with E-state index in [2.05, 4.69) is 211 Å². The van der Waals surface area contributed by atoms with Crippen LogP contribution in [0.15, 0.2) is 176 Å². The van der Waals surface area contributed by atoms with Gasteiger partial charge in [0.1, 0.15) is 11.6 Å². The summed E-state index contributed by atoms with van der Waals surface area (Å²) in [5.41, 5.74) is 17.7. The van der Waals surface area contributed by atoms with Gasteiger partial charge in [-0.1, -0.05) is 158 Å². The molecule has 0 fully saturated rings. The number of hydrogen-bond acceptors (Lipinski definition) is 3. The van der Waals surface area contributed by atoms with E-state index in [1.807, 2.05) is 18.3 Å².